The largest absolute Gasteiger partial charge is 0.385 e. The summed E-state index contributed by atoms with van der Waals surface area (Å²) in [6.45, 7) is 1.93. The van der Waals surface area contributed by atoms with Gasteiger partial charge in [-0.05, 0) is 36.6 Å². The summed E-state index contributed by atoms with van der Waals surface area (Å²) in [7, 11) is -3.32. The maximum Gasteiger partial charge on any atom is 0.257 e. The Kier molecular flexibility index (Phi) is 6.44. The molecular weight excluding hydrogens is 483 g/mol. The standard InChI is InChI=1S/C26H29FN4O4S/c1-36(34,35)31-15-13-30(14-16-31)25(32)22-18-28-23-8-7-20(27)17-21(23)24(22)29-11-9-26(33,10-12-29)19-5-3-2-4-6-19/h2-8,17-18,33H,9-16H2,1H3. The van der Waals surface area contributed by atoms with E-state index in [0.29, 0.717) is 48.1 Å². The average Bonchev–Trinajstić information content (AvgIpc) is 2.88. The van der Waals surface area contributed by atoms with Gasteiger partial charge in [0, 0.05) is 50.9 Å². The van der Waals surface area contributed by atoms with Crippen molar-refractivity contribution in [2.45, 2.75) is 18.4 Å². The number of piperidine rings is 1. The van der Waals surface area contributed by atoms with Gasteiger partial charge in [0.1, 0.15) is 5.82 Å². The third kappa shape index (κ3) is 4.68. The number of rotatable bonds is 4. The monoisotopic (exact) mass is 512 g/mol. The molecule has 3 heterocycles. The van der Waals surface area contributed by atoms with Crippen LogP contribution in [0.4, 0.5) is 10.1 Å². The van der Waals surface area contributed by atoms with Gasteiger partial charge in [-0.15, -0.1) is 0 Å². The van der Waals surface area contributed by atoms with Gasteiger partial charge in [-0.2, -0.15) is 4.31 Å². The number of carbonyl (C=O) groups is 1. The van der Waals surface area contributed by atoms with Gasteiger partial charge in [-0.3, -0.25) is 9.78 Å². The van der Waals surface area contributed by atoms with E-state index >= 15 is 0 Å². The number of aliphatic hydroxyl groups is 1. The predicted octanol–water partition coefficient (Wildman–Crippen LogP) is 2.58. The first-order valence-corrected chi connectivity index (χ1v) is 13.9. The Hall–Kier alpha value is -3.08. The molecular formula is C26H29FN4O4S. The van der Waals surface area contributed by atoms with E-state index in [-0.39, 0.29) is 32.1 Å². The number of hydrogen-bond acceptors (Lipinski definition) is 6. The van der Waals surface area contributed by atoms with Crippen molar-refractivity contribution >= 4 is 32.5 Å². The van der Waals surface area contributed by atoms with Crippen molar-refractivity contribution in [1.82, 2.24) is 14.2 Å². The Balaban J connectivity index is 1.47. The van der Waals surface area contributed by atoms with E-state index in [9.17, 15) is 22.7 Å². The fourth-order valence-corrected chi connectivity index (χ4v) is 6.01. The fourth-order valence-electron chi connectivity index (χ4n) is 5.18. The number of halogens is 1. The number of nitrogens with zero attached hydrogens (tertiary/aromatic N) is 4. The Morgan fingerprint density at radius 1 is 1.00 bits per heavy atom. The second-order valence-corrected chi connectivity index (χ2v) is 11.5. The van der Waals surface area contributed by atoms with Crippen LogP contribution in [0, 0.1) is 5.82 Å². The molecule has 190 valence electrons. The van der Waals surface area contributed by atoms with E-state index in [0.717, 1.165) is 11.8 Å². The van der Waals surface area contributed by atoms with E-state index in [1.807, 2.05) is 35.2 Å². The third-order valence-corrected chi connectivity index (χ3v) is 8.55. The minimum absolute atomic E-state index is 0.226. The summed E-state index contributed by atoms with van der Waals surface area (Å²) in [6, 6.07) is 13.9. The van der Waals surface area contributed by atoms with Gasteiger partial charge in [0.25, 0.3) is 5.91 Å². The van der Waals surface area contributed by atoms with Gasteiger partial charge in [0.05, 0.1) is 28.6 Å². The number of anilines is 1. The highest BCUT2D eigenvalue weighted by Gasteiger charge is 2.36. The van der Waals surface area contributed by atoms with Gasteiger partial charge in [0.2, 0.25) is 10.0 Å². The van der Waals surface area contributed by atoms with Gasteiger partial charge in [-0.1, -0.05) is 30.3 Å². The van der Waals surface area contributed by atoms with Crippen molar-refractivity contribution in [2.24, 2.45) is 0 Å². The maximum absolute atomic E-state index is 14.3. The molecule has 2 saturated heterocycles. The molecule has 2 aliphatic rings. The molecule has 2 aliphatic heterocycles. The van der Waals surface area contributed by atoms with Crippen molar-refractivity contribution < 1.29 is 22.7 Å². The molecule has 36 heavy (non-hydrogen) atoms. The maximum atomic E-state index is 14.3. The molecule has 1 N–H and O–H groups in total. The van der Waals surface area contributed by atoms with Gasteiger partial charge < -0.3 is 14.9 Å². The second-order valence-electron chi connectivity index (χ2n) is 9.52. The molecule has 8 nitrogen and oxygen atoms in total. The zero-order chi connectivity index (χ0) is 25.5. The zero-order valence-electron chi connectivity index (χ0n) is 20.1. The van der Waals surface area contributed by atoms with Crippen molar-refractivity contribution in [3.05, 3.63) is 71.7 Å². The first-order chi connectivity index (χ1) is 17.2. The molecule has 0 saturated carbocycles. The summed E-state index contributed by atoms with van der Waals surface area (Å²) in [4.78, 5) is 21.7. The van der Waals surface area contributed by atoms with Crippen LogP contribution in [0.1, 0.15) is 28.8 Å². The van der Waals surface area contributed by atoms with Crippen LogP contribution in [0.2, 0.25) is 0 Å². The summed E-state index contributed by atoms with van der Waals surface area (Å²) in [5.74, 6) is -0.685. The zero-order valence-corrected chi connectivity index (χ0v) is 20.9. The van der Waals surface area contributed by atoms with Gasteiger partial charge in [-0.25, -0.2) is 12.8 Å². The Morgan fingerprint density at radius 2 is 1.67 bits per heavy atom. The Morgan fingerprint density at radius 3 is 2.31 bits per heavy atom. The van der Waals surface area contributed by atoms with Crippen LogP contribution in [-0.2, 0) is 15.6 Å². The third-order valence-electron chi connectivity index (χ3n) is 7.24. The molecule has 2 aromatic carbocycles. The fraction of sp³-hybridized carbons (Fsp3) is 0.385. The molecule has 2 fully saturated rings. The molecule has 3 aromatic rings. The Labute approximate surface area is 210 Å². The van der Waals surface area contributed by atoms with Crippen molar-refractivity contribution in [3.63, 3.8) is 0 Å². The highest BCUT2D eigenvalue weighted by molar-refractivity contribution is 7.88. The van der Waals surface area contributed by atoms with Crippen molar-refractivity contribution in [3.8, 4) is 0 Å². The van der Waals surface area contributed by atoms with Crippen LogP contribution >= 0.6 is 0 Å². The van der Waals surface area contributed by atoms with Crippen LogP contribution in [0.3, 0.4) is 0 Å². The normalized spacial score (nSPS) is 19.0. The Bertz CT molecular complexity index is 1380. The number of aromatic nitrogens is 1. The van der Waals surface area contributed by atoms with E-state index in [4.69, 9.17) is 0 Å². The summed E-state index contributed by atoms with van der Waals surface area (Å²) in [6.07, 6.45) is 3.60. The lowest BCUT2D eigenvalue weighted by Gasteiger charge is -2.41. The number of hydrogen-bond donors (Lipinski definition) is 1. The van der Waals surface area contributed by atoms with Crippen LogP contribution < -0.4 is 4.90 Å². The lowest BCUT2D eigenvalue weighted by molar-refractivity contribution is 0.0118. The SMILES string of the molecule is CS(=O)(=O)N1CCN(C(=O)c2cnc3ccc(F)cc3c2N2CCC(O)(c3ccccc3)CC2)CC1. The van der Waals surface area contributed by atoms with Crippen molar-refractivity contribution in [1.29, 1.82) is 0 Å². The number of carbonyl (C=O) groups excluding carboxylic acids is 1. The smallest absolute Gasteiger partial charge is 0.257 e. The molecule has 10 heteroatoms. The van der Waals surface area contributed by atoms with Crippen LogP contribution in [-0.4, -0.2) is 79.1 Å². The molecule has 0 aliphatic carbocycles. The van der Waals surface area contributed by atoms with E-state index in [2.05, 4.69) is 4.98 Å². The average molecular weight is 513 g/mol. The molecule has 1 aromatic heterocycles. The molecule has 5 rings (SSSR count). The molecule has 0 spiro atoms. The van der Waals surface area contributed by atoms with E-state index in [1.165, 1.54) is 22.6 Å². The number of pyridine rings is 1. The van der Waals surface area contributed by atoms with Gasteiger partial charge >= 0.3 is 0 Å². The highest BCUT2D eigenvalue weighted by atomic mass is 32.2. The second kappa shape index (κ2) is 9.42. The topological polar surface area (TPSA) is 94.1 Å². The number of benzene rings is 2. The van der Waals surface area contributed by atoms with Gasteiger partial charge in [0.15, 0.2) is 0 Å². The molecule has 0 unspecified atom stereocenters. The van der Waals surface area contributed by atoms with Crippen LogP contribution in [0.15, 0.2) is 54.7 Å². The highest BCUT2D eigenvalue weighted by Crippen LogP contribution is 2.38. The number of fused-ring (bicyclic) bond motifs is 1. The molecule has 0 atom stereocenters. The first kappa shape index (κ1) is 24.6. The summed E-state index contributed by atoms with van der Waals surface area (Å²) in [5, 5.41) is 11.9. The lowest BCUT2D eigenvalue weighted by Crippen LogP contribution is -2.50. The molecule has 0 bridgehead atoms. The minimum atomic E-state index is -3.32. The molecule has 0 radical (unpaired) electrons. The molecule has 1 amide bonds. The number of amides is 1. The summed E-state index contributed by atoms with van der Waals surface area (Å²) < 4.78 is 39.4. The summed E-state index contributed by atoms with van der Waals surface area (Å²) >= 11 is 0. The predicted molar refractivity (Wildman–Crippen MR) is 136 cm³/mol. The first-order valence-electron chi connectivity index (χ1n) is 12.0. The van der Waals surface area contributed by atoms with Crippen LogP contribution in [0.5, 0.6) is 0 Å². The van der Waals surface area contributed by atoms with E-state index < -0.39 is 21.4 Å². The van der Waals surface area contributed by atoms with Crippen molar-refractivity contribution in [2.75, 3.05) is 50.4 Å². The minimum Gasteiger partial charge on any atom is -0.385 e. The lowest BCUT2D eigenvalue weighted by atomic mass is 9.84. The quantitative estimate of drug-likeness (QED) is 0.578. The van der Waals surface area contributed by atoms with Crippen LogP contribution in [0.25, 0.3) is 10.9 Å². The van der Waals surface area contributed by atoms with E-state index in [1.54, 1.807) is 11.0 Å². The number of piperazine rings is 1. The summed E-state index contributed by atoms with van der Waals surface area (Å²) in [5.41, 5.74) is 1.41. The number of sulfonamides is 1.